The fraction of sp³-hybridized carbons (Fsp3) is 0.333. The maximum atomic E-state index is 13.1. The molecule has 0 bridgehead atoms. The second-order valence-corrected chi connectivity index (χ2v) is 4.34. The minimum atomic E-state index is -4.65. The highest BCUT2D eigenvalue weighted by Crippen LogP contribution is 2.38. The normalized spacial score (nSPS) is 11.7. The number of nitrogens with one attached hydrogen (secondary N) is 1. The van der Waals surface area contributed by atoms with E-state index in [9.17, 15) is 22.8 Å². The number of hydrogen-bond donors (Lipinski definition) is 1. The van der Waals surface area contributed by atoms with Gasteiger partial charge in [-0.05, 0) is 25.1 Å². The summed E-state index contributed by atoms with van der Waals surface area (Å²) in [5.74, 6) is -2.15. The van der Waals surface area contributed by atoms with Crippen LogP contribution in [0.1, 0.15) is 12.5 Å². The van der Waals surface area contributed by atoms with E-state index in [1.165, 1.54) is 6.07 Å². The zero-order valence-electron chi connectivity index (χ0n) is 13.2. The lowest BCUT2D eigenvalue weighted by Crippen LogP contribution is -2.16. The summed E-state index contributed by atoms with van der Waals surface area (Å²) in [6, 6.07) is 3.15. The van der Waals surface area contributed by atoms with Crippen LogP contribution in [0.5, 0.6) is 5.75 Å². The summed E-state index contributed by atoms with van der Waals surface area (Å²) in [6.07, 6.45) is -3.88. The number of ether oxygens (including phenoxy) is 3. The van der Waals surface area contributed by atoms with Crippen molar-refractivity contribution in [3.63, 3.8) is 0 Å². The third-order valence-electron chi connectivity index (χ3n) is 2.73. The molecule has 9 heteroatoms. The molecule has 1 N–H and O–H groups in total. The van der Waals surface area contributed by atoms with Crippen LogP contribution in [0.25, 0.3) is 0 Å². The molecule has 132 valence electrons. The largest absolute Gasteiger partial charge is 0.493 e. The number of rotatable bonds is 6. The smallest absolute Gasteiger partial charge is 0.420 e. The van der Waals surface area contributed by atoms with Gasteiger partial charge < -0.3 is 19.5 Å². The lowest BCUT2D eigenvalue weighted by atomic mass is 10.1. The summed E-state index contributed by atoms with van der Waals surface area (Å²) in [4.78, 5) is 22.9. The number of carbonyl (C=O) groups excluding carboxylic acids is 2. The molecule has 0 atom stereocenters. The molecule has 1 rings (SSSR count). The molecule has 0 radical (unpaired) electrons. The van der Waals surface area contributed by atoms with Crippen molar-refractivity contribution in [2.45, 2.75) is 13.1 Å². The van der Waals surface area contributed by atoms with Gasteiger partial charge in [0.25, 0.3) is 0 Å². The highest BCUT2D eigenvalue weighted by molar-refractivity contribution is 5.98. The summed E-state index contributed by atoms with van der Waals surface area (Å²) in [6.45, 7) is 1.62. The van der Waals surface area contributed by atoms with Crippen molar-refractivity contribution in [1.82, 2.24) is 0 Å². The number of alkyl halides is 3. The number of carbonyl (C=O) groups is 2. The molecule has 0 amide bonds. The molecule has 24 heavy (non-hydrogen) atoms. The summed E-state index contributed by atoms with van der Waals surface area (Å²) in [7, 11) is 2.15. The number of esters is 2. The van der Waals surface area contributed by atoms with Gasteiger partial charge in [0.1, 0.15) is 11.4 Å². The van der Waals surface area contributed by atoms with Gasteiger partial charge in [-0.2, -0.15) is 13.2 Å². The Balaban J connectivity index is 3.23. The molecule has 0 saturated heterocycles. The topological polar surface area (TPSA) is 73.9 Å². The Morgan fingerprint density at radius 3 is 2.38 bits per heavy atom. The Bertz CT molecular complexity index is 640. The van der Waals surface area contributed by atoms with Gasteiger partial charge in [-0.1, -0.05) is 0 Å². The molecule has 1 aromatic carbocycles. The van der Waals surface area contributed by atoms with E-state index in [1.807, 2.05) is 0 Å². The summed E-state index contributed by atoms with van der Waals surface area (Å²) >= 11 is 0. The van der Waals surface area contributed by atoms with Gasteiger partial charge in [0.15, 0.2) is 0 Å². The first-order valence-electron chi connectivity index (χ1n) is 6.72. The van der Waals surface area contributed by atoms with Crippen LogP contribution in [-0.4, -0.2) is 32.8 Å². The van der Waals surface area contributed by atoms with Gasteiger partial charge in [0.05, 0.1) is 32.5 Å². The van der Waals surface area contributed by atoms with Crippen LogP contribution in [0.4, 0.5) is 18.9 Å². The van der Waals surface area contributed by atoms with Gasteiger partial charge >= 0.3 is 18.1 Å². The van der Waals surface area contributed by atoms with Gasteiger partial charge in [-0.25, -0.2) is 9.59 Å². The van der Waals surface area contributed by atoms with Crippen LogP contribution in [0.3, 0.4) is 0 Å². The standard InChI is InChI=1S/C15H16F3NO5/c1-4-24-12-6-5-9(7-10(12)15(16,17)18)19-11(14(21)23-3)8-13(20)22-2/h5-8,19H,4H2,1-3H3/b11-8+. The molecule has 0 fully saturated rings. The number of methoxy groups -OCH3 is 2. The second-order valence-electron chi connectivity index (χ2n) is 4.34. The van der Waals surface area contributed by atoms with Crippen LogP contribution < -0.4 is 10.1 Å². The molecule has 0 aliphatic carbocycles. The highest BCUT2D eigenvalue weighted by Gasteiger charge is 2.34. The minimum absolute atomic E-state index is 0.0610. The van der Waals surface area contributed by atoms with Crippen molar-refractivity contribution < 1.29 is 37.0 Å². The second kappa shape index (κ2) is 8.23. The average Bonchev–Trinajstić information content (AvgIpc) is 2.53. The monoisotopic (exact) mass is 347 g/mol. The predicted octanol–water partition coefficient (Wildman–Crippen LogP) is 2.75. The maximum absolute atomic E-state index is 13.1. The highest BCUT2D eigenvalue weighted by atomic mass is 19.4. The third-order valence-corrected chi connectivity index (χ3v) is 2.73. The van der Waals surface area contributed by atoms with E-state index < -0.39 is 23.7 Å². The van der Waals surface area contributed by atoms with Gasteiger partial charge in [-0.3, -0.25) is 0 Å². The van der Waals surface area contributed by atoms with Crippen molar-refractivity contribution in [3.05, 3.63) is 35.5 Å². The molecule has 0 spiro atoms. The maximum Gasteiger partial charge on any atom is 0.420 e. The van der Waals surface area contributed by atoms with E-state index in [1.54, 1.807) is 6.92 Å². The zero-order valence-corrected chi connectivity index (χ0v) is 13.2. The van der Waals surface area contributed by atoms with Gasteiger partial charge in [0, 0.05) is 5.69 Å². The fourth-order valence-electron chi connectivity index (χ4n) is 1.70. The van der Waals surface area contributed by atoms with E-state index in [0.717, 1.165) is 32.4 Å². The Labute approximate surface area is 136 Å². The van der Waals surface area contributed by atoms with E-state index >= 15 is 0 Å². The van der Waals surface area contributed by atoms with Crippen molar-refractivity contribution in [2.75, 3.05) is 26.1 Å². The predicted molar refractivity (Wildman–Crippen MR) is 78.4 cm³/mol. The number of hydrogen-bond acceptors (Lipinski definition) is 6. The van der Waals surface area contributed by atoms with Crippen molar-refractivity contribution in [3.8, 4) is 5.75 Å². The van der Waals surface area contributed by atoms with E-state index in [4.69, 9.17) is 4.74 Å². The molecule has 0 aliphatic rings. The van der Waals surface area contributed by atoms with E-state index in [-0.39, 0.29) is 23.7 Å². The first kappa shape index (κ1) is 19.3. The van der Waals surface area contributed by atoms with Crippen LogP contribution >= 0.6 is 0 Å². The molecule has 0 heterocycles. The van der Waals surface area contributed by atoms with Crippen LogP contribution in [0.2, 0.25) is 0 Å². The van der Waals surface area contributed by atoms with Crippen LogP contribution in [0.15, 0.2) is 30.0 Å². The molecular formula is C15H16F3NO5. The van der Waals surface area contributed by atoms with Gasteiger partial charge in [0.2, 0.25) is 0 Å². The fourth-order valence-corrected chi connectivity index (χ4v) is 1.70. The van der Waals surface area contributed by atoms with Gasteiger partial charge in [-0.15, -0.1) is 0 Å². The molecular weight excluding hydrogens is 331 g/mol. The molecule has 0 aliphatic heterocycles. The average molecular weight is 347 g/mol. The summed E-state index contributed by atoms with van der Waals surface area (Å²) in [5.41, 5.74) is -1.47. The van der Waals surface area contributed by atoms with E-state index in [2.05, 4.69) is 14.8 Å². The first-order valence-corrected chi connectivity index (χ1v) is 6.72. The molecule has 0 unspecified atom stereocenters. The summed E-state index contributed by atoms with van der Waals surface area (Å²) < 4.78 is 53.1. The first-order chi connectivity index (χ1) is 11.2. The minimum Gasteiger partial charge on any atom is -0.493 e. The number of benzene rings is 1. The van der Waals surface area contributed by atoms with Crippen molar-refractivity contribution >= 4 is 17.6 Å². The van der Waals surface area contributed by atoms with Crippen molar-refractivity contribution in [1.29, 1.82) is 0 Å². The quantitative estimate of drug-likeness (QED) is 0.630. The number of halogens is 3. The Morgan fingerprint density at radius 2 is 1.88 bits per heavy atom. The molecule has 6 nitrogen and oxygen atoms in total. The van der Waals surface area contributed by atoms with Crippen LogP contribution in [-0.2, 0) is 25.2 Å². The molecule has 1 aromatic rings. The third kappa shape index (κ3) is 5.18. The van der Waals surface area contributed by atoms with E-state index in [0.29, 0.717) is 0 Å². The lowest BCUT2D eigenvalue weighted by molar-refractivity contribution is -0.139. The number of anilines is 1. The zero-order chi connectivity index (χ0) is 18.3. The Morgan fingerprint density at radius 1 is 1.21 bits per heavy atom. The molecule has 0 saturated carbocycles. The lowest BCUT2D eigenvalue weighted by Gasteiger charge is -2.16. The van der Waals surface area contributed by atoms with Crippen LogP contribution in [0, 0.1) is 0 Å². The SMILES string of the molecule is CCOc1ccc(N/C(=C/C(=O)OC)C(=O)OC)cc1C(F)(F)F. The molecule has 0 aromatic heterocycles. The Kier molecular flexibility index (Phi) is 6.63. The summed E-state index contributed by atoms with van der Waals surface area (Å²) in [5, 5.41) is 2.41. The Hall–Kier alpha value is -2.71. The van der Waals surface area contributed by atoms with Crippen molar-refractivity contribution in [2.24, 2.45) is 0 Å².